The molecule has 1 saturated heterocycles. The van der Waals surface area contributed by atoms with Crippen molar-refractivity contribution in [1.29, 1.82) is 0 Å². The molecule has 2 aromatic rings. The number of aliphatic hydroxyl groups is 1. The first-order valence-corrected chi connectivity index (χ1v) is 9.07. The van der Waals surface area contributed by atoms with Crippen LogP contribution in [0.15, 0.2) is 30.3 Å². The number of benzene rings is 2. The summed E-state index contributed by atoms with van der Waals surface area (Å²) in [4.78, 5) is 11.5. The molecule has 1 N–H and O–H groups in total. The first-order valence-electron chi connectivity index (χ1n) is 9.07. The van der Waals surface area contributed by atoms with Crippen molar-refractivity contribution in [1.82, 2.24) is 0 Å². The molecule has 1 unspecified atom stereocenters. The minimum absolute atomic E-state index is 0.0835. The summed E-state index contributed by atoms with van der Waals surface area (Å²) in [5.74, 6) is -0.536. The zero-order valence-electron chi connectivity index (χ0n) is 15.5. The molecule has 1 aliphatic rings. The van der Waals surface area contributed by atoms with Crippen LogP contribution in [0.1, 0.15) is 41.5 Å². The number of esters is 1. The maximum atomic E-state index is 13.7. The number of rotatable bonds is 4. The van der Waals surface area contributed by atoms with Crippen LogP contribution in [0.25, 0.3) is 11.1 Å². The van der Waals surface area contributed by atoms with Crippen molar-refractivity contribution in [3.05, 3.63) is 58.4 Å². The van der Waals surface area contributed by atoms with Crippen LogP contribution in [0, 0.1) is 26.6 Å². The van der Waals surface area contributed by atoms with Crippen molar-refractivity contribution in [2.45, 2.75) is 58.7 Å². The number of cyclic esters (lactones) is 1. The minimum Gasteiger partial charge on any atom is -0.462 e. The van der Waals surface area contributed by atoms with E-state index in [2.05, 4.69) is 26.0 Å². The van der Waals surface area contributed by atoms with Crippen LogP contribution in [-0.4, -0.2) is 23.3 Å². The molecule has 1 fully saturated rings. The highest BCUT2D eigenvalue weighted by atomic mass is 19.1. The van der Waals surface area contributed by atoms with E-state index in [4.69, 9.17) is 4.74 Å². The Morgan fingerprint density at radius 3 is 2.62 bits per heavy atom. The molecule has 4 heteroatoms. The standard InChI is InChI=1S/C22H25FO3/c1-13-8-14(2)19(6-5-18-11-17(24)12-22(25)26-18)20(9-13)16-4-7-21(23)15(3)10-16/h4,7-10,17-18,24H,5-6,11-12H2,1-3H3/t17-,18?/m1/s1. The summed E-state index contributed by atoms with van der Waals surface area (Å²) in [5, 5.41) is 9.79. The van der Waals surface area contributed by atoms with Gasteiger partial charge in [0, 0.05) is 6.42 Å². The number of ether oxygens (including phenoxy) is 1. The zero-order valence-corrected chi connectivity index (χ0v) is 15.5. The van der Waals surface area contributed by atoms with Crippen LogP contribution in [-0.2, 0) is 16.0 Å². The highest BCUT2D eigenvalue weighted by Crippen LogP contribution is 2.31. The third-order valence-corrected chi connectivity index (χ3v) is 5.04. The van der Waals surface area contributed by atoms with E-state index >= 15 is 0 Å². The molecule has 26 heavy (non-hydrogen) atoms. The minimum atomic E-state index is -0.611. The van der Waals surface area contributed by atoms with Gasteiger partial charge < -0.3 is 9.84 Å². The van der Waals surface area contributed by atoms with E-state index in [9.17, 15) is 14.3 Å². The van der Waals surface area contributed by atoms with Crippen molar-refractivity contribution in [3.63, 3.8) is 0 Å². The van der Waals surface area contributed by atoms with Crippen LogP contribution in [0.5, 0.6) is 0 Å². The van der Waals surface area contributed by atoms with Crippen molar-refractivity contribution in [3.8, 4) is 11.1 Å². The Hall–Kier alpha value is -2.20. The monoisotopic (exact) mass is 356 g/mol. The van der Waals surface area contributed by atoms with Gasteiger partial charge in [-0.2, -0.15) is 0 Å². The van der Waals surface area contributed by atoms with Gasteiger partial charge in [-0.15, -0.1) is 0 Å². The summed E-state index contributed by atoms with van der Waals surface area (Å²) in [7, 11) is 0. The fourth-order valence-corrected chi connectivity index (χ4v) is 3.74. The van der Waals surface area contributed by atoms with E-state index in [-0.39, 0.29) is 24.3 Å². The van der Waals surface area contributed by atoms with Gasteiger partial charge in [0.1, 0.15) is 11.9 Å². The summed E-state index contributed by atoms with van der Waals surface area (Å²) >= 11 is 0. The molecule has 0 aromatic heterocycles. The quantitative estimate of drug-likeness (QED) is 0.825. The molecule has 0 radical (unpaired) electrons. The van der Waals surface area contributed by atoms with Crippen LogP contribution in [0.4, 0.5) is 4.39 Å². The average Bonchev–Trinajstić information content (AvgIpc) is 2.55. The molecule has 0 saturated carbocycles. The molecule has 2 atom stereocenters. The Labute approximate surface area is 153 Å². The molecule has 1 heterocycles. The summed E-state index contributed by atoms with van der Waals surface area (Å²) in [6.45, 7) is 5.89. The number of halogens is 1. The second kappa shape index (κ2) is 7.58. The fraction of sp³-hybridized carbons (Fsp3) is 0.409. The molecule has 2 aromatic carbocycles. The molecule has 0 bridgehead atoms. The van der Waals surface area contributed by atoms with E-state index in [1.807, 2.05) is 12.1 Å². The van der Waals surface area contributed by atoms with Gasteiger partial charge in [-0.25, -0.2) is 4.39 Å². The molecule has 3 rings (SSSR count). The molecule has 1 aliphatic heterocycles. The van der Waals surface area contributed by atoms with Crippen LogP contribution >= 0.6 is 0 Å². The van der Waals surface area contributed by atoms with Crippen molar-refractivity contribution in [2.24, 2.45) is 0 Å². The Bertz CT molecular complexity index is 828. The summed E-state index contributed by atoms with van der Waals surface area (Å²) in [6, 6.07) is 9.45. The highest BCUT2D eigenvalue weighted by molar-refractivity contribution is 5.71. The largest absolute Gasteiger partial charge is 0.462 e. The van der Waals surface area contributed by atoms with E-state index in [1.165, 1.54) is 17.2 Å². The number of hydrogen-bond donors (Lipinski definition) is 1. The molecular weight excluding hydrogens is 331 g/mol. The number of aryl methyl sites for hydroxylation is 3. The Morgan fingerprint density at radius 1 is 1.15 bits per heavy atom. The second-order valence-corrected chi connectivity index (χ2v) is 7.32. The van der Waals surface area contributed by atoms with Crippen LogP contribution < -0.4 is 0 Å². The third-order valence-electron chi connectivity index (χ3n) is 5.04. The average molecular weight is 356 g/mol. The van der Waals surface area contributed by atoms with Gasteiger partial charge in [0.05, 0.1) is 12.5 Å². The molecule has 0 spiro atoms. The van der Waals surface area contributed by atoms with E-state index in [1.54, 1.807) is 6.92 Å². The summed E-state index contributed by atoms with van der Waals surface area (Å²) in [5.41, 5.74) is 6.21. The number of aliphatic hydroxyl groups excluding tert-OH is 1. The van der Waals surface area contributed by atoms with Gasteiger partial charge in [0.25, 0.3) is 0 Å². The van der Waals surface area contributed by atoms with Gasteiger partial charge in [-0.3, -0.25) is 4.79 Å². The first-order chi connectivity index (χ1) is 12.3. The SMILES string of the molecule is Cc1cc(C)c(CCC2C[C@@H](O)CC(=O)O2)c(-c2ccc(F)c(C)c2)c1. The molecule has 3 nitrogen and oxygen atoms in total. The fourth-order valence-electron chi connectivity index (χ4n) is 3.74. The lowest BCUT2D eigenvalue weighted by Crippen LogP contribution is -2.32. The first kappa shape index (κ1) is 18.6. The van der Waals surface area contributed by atoms with Crippen molar-refractivity contribution < 1.29 is 19.0 Å². The van der Waals surface area contributed by atoms with Gasteiger partial charge in [0.2, 0.25) is 0 Å². The molecule has 138 valence electrons. The van der Waals surface area contributed by atoms with E-state index < -0.39 is 6.10 Å². The number of carbonyl (C=O) groups is 1. The zero-order chi connectivity index (χ0) is 18.8. The van der Waals surface area contributed by atoms with Gasteiger partial charge >= 0.3 is 5.97 Å². The maximum absolute atomic E-state index is 13.7. The van der Waals surface area contributed by atoms with Crippen molar-refractivity contribution >= 4 is 5.97 Å². The lowest BCUT2D eigenvalue weighted by Gasteiger charge is -2.26. The number of hydrogen-bond acceptors (Lipinski definition) is 3. The topological polar surface area (TPSA) is 46.5 Å². The van der Waals surface area contributed by atoms with Crippen LogP contribution in [0.3, 0.4) is 0 Å². The normalized spacial score (nSPS) is 20.1. The predicted octanol–water partition coefficient (Wildman–Crippen LogP) is 4.42. The Morgan fingerprint density at radius 2 is 1.92 bits per heavy atom. The second-order valence-electron chi connectivity index (χ2n) is 7.32. The van der Waals surface area contributed by atoms with Gasteiger partial charge in [-0.05, 0) is 73.6 Å². The van der Waals surface area contributed by atoms with Gasteiger partial charge in [-0.1, -0.05) is 23.8 Å². The van der Waals surface area contributed by atoms with E-state index in [0.717, 1.165) is 23.1 Å². The lowest BCUT2D eigenvalue weighted by atomic mass is 9.89. The maximum Gasteiger partial charge on any atom is 0.308 e. The Kier molecular flexibility index (Phi) is 5.42. The smallest absolute Gasteiger partial charge is 0.308 e. The lowest BCUT2D eigenvalue weighted by molar-refractivity contribution is -0.160. The molecule has 0 aliphatic carbocycles. The van der Waals surface area contributed by atoms with Crippen LogP contribution in [0.2, 0.25) is 0 Å². The van der Waals surface area contributed by atoms with Crippen molar-refractivity contribution in [2.75, 3.05) is 0 Å². The van der Waals surface area contributed by atoms with E-state index in [0.29, 0.717) is 18.4 Å². The summed E-state index contributed by atoms with van der Waals surface area (Å²) in [6.07, 6.45) is 1.11. The summed E-state index contributed by atoms with van der Waals surface area (Å²) < 4.78 is 19.0. The third kappa shape index (κ3) is 4.13. The van der Waals surface area contributed by atoms with Gasteiger partial charge in [0.15, 0.2) is 0 Å². The Balaban J connectivity index is 1.88. The number of carbonyl (C=O) groups excluding carboxylic acids is 1. The molecular formula is C22H25FO3. The highest BCUT2D eigenvalue weighted by Gasteiger charge is 2.27. The predicted molar refractivity (Wildman–Crippen MR) is 99.5 cm³/mol. The molecule has 0 amide bonds.